The lowest BCUT2D eigenvalue weighted by Crippen LogP contribution is -2.43. The van der Waals surface area contributed by atoms with Crippen LogP contribution in [0.1, 0.15) is 31.7 Å². The predicted molar refractivity (Wildman–Crippen MR) is 107 cm³/mol. The van der Waals surface area contributed by atoms with E-state index in [0.29, 0.717) is 32.4 Å². The molecule has 2 aromatic rings. The minimum atomic E-state index is -1.01. The van der Waals surface area contributed by atoms with Gasteiger partial charge in [-0.25, -0.2) is 0 Å². The van der Waals surface area contributed by atoms with Gasteiger partial charge in [-0.3, -0.25) is 14.4 Å². The van der Waals surface area contributed by atoms with Crippen molar-refractivity contribution in [2.45, 2.75) is 38.6 Å². The Morgan fingerprint density at radius 1 is 1.07 bits per heavy atom. The molecule has 0 bridgehead atoms. The van der Waals surface area contributed by atoms with Crippen LogP contribution in [0.25, 0.3) is 10.8 Å². The molecule has 0 saturated carbocycles. The highest BCUT2D eigenvalue weighted by atomic mass is 16.4. The fourth-order valence-electron chi connectivity index (χ4n) is 4.00. The molecule has 0 aromatic heterocycles. The fraction of sp³-hybridized carbons (Fsp3) is 0.409. The minimum absolute atomic E-state index is 0.0737. The standard InChI is InChI=1S/C22H26N2O4/c1-16(25)24(15-22(27)28)19-9-5-12-23(13-11-19)21(26)14-18-8-4-7-17-6-2-3-10-20(17)18/h2-4,6-8,10,19H,5,9,11-15H2,1H3,(H,27,28). The van der Waals surface area contributed by atoms with Crippen molar-refractivity contribution in [3.05, 3.63) is 48.0 Å². The minimum Gasteiger partial charge on any atom is -0.480 e. The molecule has 1 aliphatic heterocycles. The van der Waals surface area contributed by atoms with E-state index in [0.717, 1.165) is 22.8 Å². The number of amides is 2. The number of carboxylic acid groups (broad SMARTS) is 1. The van der Waals surface area contributed by atoms with Gasteiger partial charge in [-0.15, -0.1) is 0 Å². The first-order valence-corrected chi connectivity index (χ1v) is 9.69. The molecule has 148 valence electrons. The van der Waals surface area contributed by atoms with E-state index in [1.807, 2.05) is 47.4 Å². The molecule has 1 fully saturated rings. The zero-order chi connectivity index (χ0) is 20.1. The number of hydrogen-bond donors (Lipinski definition) is 1. The fourth-order valence-corrected chi connectivity index (χ4v) is 4.00. The second-order valence-corrected chi connectivity index (χ2v) is 7.32. The number of carboxylic acids is 1. The van der Waals surface area contributed by atoms with Gasteiger partial charge in [0.1, 0.15) is 6.54 Å². The summed E-state index contributed by atoms with van der Waals surface area (Å²) in [5.74, 6) is -1.17. The van der Waals surface area contributed by atoms with Gasteiger partial charge >= 0.3 is 5.97 Å². The van der Waals surface area contributed by atoms with Crippen LogP contribution in [-0.2, 0) is 20.8 Å². The van der Waals surface area contributed by atoms with Gasteiger partial charge in [-0.2, -0.15) is 0 Å². The van der Waals surface area contributed by atoms with Gasteiger partial charge in [-0.05, 0) is 35.6 Å². The van der Waals surface area contributed by atoms with Gasteiger partial charge in [-0.1, -0.05) is 42.5 Å². The molecule has 6 heteroatoms. The van der Waals surface area contributed by atoms with Crippen LogP contribution in [0.15, 0.2) is 42.5 Å². The Bertz CT molecular complexity index is 874. The second kappa shape index (κ2) is 8.87. The number of carbonyl (C=O) groups is 3. The van der Waals surface area contributed by atoms with Gasteiger partial charge < -0.3 is 14.9 Å². The SMILES string of the molecule is CC(=O)N(CC(=O)O)C1CCCN(C(=O)Cc2cccc3ccccc23)CC1. The Kier molecular flexibility index (Phi) is 6.29. The Balaban J connectivity index is 1.67. The Labute approximate surface area is 164 Å². The highest BCUT2D eigenvalue weighted by Crippen LogP contribution is 2.21. The third-order valence-corrected chi connectivity index (χ3v) is 5.42. The molecule has 1 N–H and O–H groups in total. The summed E-state index contributed by atoms with van der Waals surface area (Å²) in [4.78, 5) is 39.1. The van der Waals surface area contributed by atoms with Gasteiger partial charge in [0, 0.05) is 26.1 Å². The van der Waals surface area contributed by atoms with E-state index in [-0.39, 0.29) is 24.4 Å². The summed E-state index contributed by atoms with van der Waals surface area (Å²) >= 11 is 0. The number of nitrogens with zero attached hydrogens (tertiary/aromatic N) is 2. The van der Waals surface area contributed by atoms with Crippen LogP contribution in [0.4, 0.5) is 0 Å². The van der Waals surface area contributed by atoms with Crippen LogP contribution in [0.5, 0.6) is 0 Å². The first-order chi connectivity index (χ1) is 13.5. The summed E-state index contributed by atoms with van der Waals surface area (Å²) in [6.07, 6.45) is 2.42. The Morgan fingerprint density at radius 3 is 2.57 bits per heavy atom. The van der Waals surface area contributed by atoms with E-state index in [2.05, 4.69) is 0 Å². The second-order valence-electron chi connectivity index (χ2n) is 7.32. The van der Waals surface area contributed by atoms with E-state index < -0.39 is 5.97 Å². The van der Waals surface area contributed by atoms with E-state index in [1.54, 1.807) is 0 Å². The number of fused-ring (bicyclic) bond motifs is 1. The van der Waals surface area contributed by atoms with Crippen molar-refractivity contribution in [3.63, 3.8) is 0 Å². The molecule has 1 atom stereocenters. The topological polar surface area (TPSA) is 77.9 Å². The van der Waals surface area contributed by atoms with Crippen molar-refractivity contribution in [2.24, 2.45) is 0 Å². The first-order valence-electron chi connectivity index (χ1n) is 9.69. The van der Waals surface area contributed by atoms with E-state index in [4.69, 9.17) is 5.11 Å². The molecule has 0 spiro atoms. The van der Waals surface area contributed by atoms with Gasteiger partial charge in [0.15, 0.2) is 0 Å². The molecule has 1 heterocycles. The third-order valence-electron chi connectivity index (χ3n) is 5.42. The zero-order valence-electron chi connectivity index (χ0n) is 16.1. The maximum atomic E-state index is 12.9. The molecule has 1 aliphatic rings. The summed E-state index contributed by atoms with van der Waals surface area (Å²) in [6, 6.07) is 13.9. The van der Waals surface area contributed by atoms with Gasteiger partial charge in [0.2, 0.25) is 11.8 Å². The molecule has 0 radical (unpaired) electrons. The molecule has 0 aliphatic carbocycles. The third kappa shape index (κ3) is 4.68. The Morgan fingerprint density at radius 2 is 1.82 bits per heavy atom. The monoisotopic (exact) mass is 382 g/mol. The summed E-state index contributed by atoms with van der Waals surface area (Å²) < 4.78 is 0. The first kappa shape index (κ1) is 19.9. The van der Waals surface area contributed by atoms with Crippen molar-refractivity contribution in [3.8, 4) is 0 Å². The maximum Gasteiger partial charge on any atom is 0.323 e. The lowest BCUT2D eigenvalue weighted by Gasteiger charge is -2.29. The molecule has 1 saturated heterocycles. The number of aliphatic carboxylic acids is 1. The Hall–Kier alpha value is -2.89. The van der Waals surface area contributed by atoms with Crippen LogP contribution in [0.2, 0.25) is 0 Å². The van der Waals surface area contributed by atoms with Crippen LogP contribution < -0.4 is 0 Å². The summed E-state index contributed by atoms with van der Waals surface area (Å²) in [5, 5.41) is 11.3. The molecule has 1 unspecified atom stereocenters. The predicted octanol–water partition coefficient (Wildman–Crippen LogP) is 2.70. The van der Waals surface area contributed by atoms with Crippen LogP contribution in [-0.4, -0.2) is 58.4 Å². The average Bonchev–Trinajstić information content (AvgIpc) is 2.92. The van der Waals surface area contributed by atoms with Crippen molar-refractivity contribution in [1.82, 2.24) is 9.80 Å². The zero-order valence-corrected chi connectivity index (χ0v) is 16.1. The number of hydrogen-bond acceptors (Lipinski definition) is 3. The quantitative estimate of drug-likeness (QED) is 0.862. The molecular formula is C22H26N2O4. The summed E-state index contributed by atoms with van der Waals surface area (Å²) in [6.45, 7) is 2.29. The normalized spacial score (nSPS) is 17.2. The maximum absolute atomic E-state index is 12.9. The molecule has 2 aromatic carbocycles. The highest BCUT2D eigenvalue weighted by Gasteiger charge is 2.27. The molecule has 2 amide bonds. The summed E-state index contributed by atoms with van der Waals surface area (Å²) in [5.41, 5.74) is 1.01. The van der Waals surface area contributed by atoms with Crippen LogP contribution in [0.3, 0.4) is 0 Å². The summed E-state index contributed by atoms with van der Waals surface area (Å²) in [7, 11) is 0. The van der Waals surface area contributed by atoms with E-state index in [9.17, 15) is 14.4 Å². The van der Waals surface area contributed by atoms with Crippen LogP contribution in [0, 0.1) is 0 Å². The molecule has 6 nitrogen and oxygen atoms in total. The van der Waals surface area contributed by atoms with Gasteiger partial charge in [0.05, 0.1) is 6.42 Å². The largest absolute Gasteiger partial charge is 0.480 e. The highest BCUT2D eigenvalue weighted by molar-refractivity contribution is 5.90. The number of likely N-dealkylation sites (tertiary alicyclic amines) is 1. The molecule has 3 rings (SSSR count). The van der Waals surface area contributed by atoms with Crippen molar-refractivity contribution >= 4 is 28.6 Å². The number of benzene rings is 2. The van der Waals surface area contributed by atoms with E-state index >= 15 is 0 Å². The van der Waals surface area contributed by atoms with Crippen LogP contribution >= 0.6 is 0 Å². The number of carbonyl (C=O) groups excluding carboxylic acids is 2. The van der Waals surface area contributed by atoms with Crippen molar-refractivity contribution < 1.29 is 19.5 Å². The lowest BCUT2D eigenvalue weighted by molar-refractivity contribution is -0.145. The molecular weight excluding hydrogens is 356 g/mol. The average molecular weight is 382 g/mol. The van der Waals surface area contributed by atoms with E-state index in [1.165, 1.54) is 11.8 Å². The molecule has 28 heavy (non-hydrogen) atoms. The lowest BCUT2D eigenvalue weighted by atomic mass is 10.0. The number of rotatable bonds is 5. The van der Waals surface area contributed by atoms with Crippen molar-refractivity contribution in [1.29, 1.82) is 0 Å². The van der Waals surface area contributed by atoms with Crippen molar-refractivity contribution in [2.75, 3.05) is 19.6 Å². The van der Waals surface area contributed by atoms with Gasteiger partial charge in [0.25, 0.3) is 0 Å². The smallest absolute Gasteiger partial charge is 0.323 e.